The van der Waals surface area contributed by atoms with Crippen LogP contribution in [0.2, 0.25) is 0 Å². The summed E-state index contributed by atoms with van der Waals surface area (Å²) >= 11 is 3.36. The van der Waals surface area contributed by atoms with E-state index in [1.807, 2.05) is 12.1 Å². The smallest absolute Gasteiger partial charge is 0.253 e. The summed E-state index contributed by atoms with van der Waals surface area (Å²) in [6.45, 7) is 1.39. The molecule has 6 heteroatoms. The lowest BCUT2D eigenvalue weighted by Crippen LogP contribution is -2.43. The van der Waals surface area contributed by atoms with Crippen molar-refractivity contribution >= 4 is 21.8 Å². The van der Waals surface area contributed by atoms with Crippen molar-refractivity contribution in [1.29, 1.82) is 0 Å². The van der Waals surface area contributed by atoms with Gasteiger partial charge in [-0.3, -0.25) is 4.79 Å². The number of carbonyl (C=O) groups excluding carboxylic acids is 1. The second kappa shape index (κ2) is 8.06. The van der Waals surface area contributed by atoms with E-state index >= 15 is 0 Å². The predicted molar refractivity (Wildman–Crippen MR) is 94.2 cm³/mol. The van der Waals surface area contributed by atoms with Crippen LogP contribution in [-0.4, -0.2) is 30.0 Å². The first-order chi connectivity index (χ1) is 12.0. The molecule has 0 saturated carbocycles. The lowest BCUT2D eigenvalue weighted by atomic mass is 10.1. The number of benzene rings is 2. The summed E-state index contributed by atoms with van der Waals surface area (Å²) in [5.41, 5.74) is 1.22. The molecule has 1 atom stereocenters. The largest absolute Gasteiger partial charge is 0.372 e. The molecule has 3 nitrogen and oxygen atoms in total. The van der Waals surface area contributed by atoms with Crippen molar-refractivity contribution in [3.05, 3.63) is 69.7 Å². The Labute approximate surface area is 153 Å². The van der Waals surface area contributed by atoms with Crippen LogP contribution in [0.3, 0.4) is 0 Å². The zero-order chi connectivity index (χ0) is 17.8. The molecule has 1 aliphatic heterocycles. The summed E-state index contributed by atoms with van der Waals surface area (Å²) in [7, 11) is 0. The highest BCUT2D eigenvalue weighted by Gasteiger charge is 2.25. The maximum absolute atomic E-state index is 13.2. The molecular weight excluding hydrogens is 392 g/mol. The number of amides is 1. The minimum Gasteiger partial charge on any atom is -0.372 e. The quantitative estimate of drug-likeness (QED) is 0.741. The Kier molecular flexibility index (Phi) is 5.81. The normalized spacial score (nSPS) is 17.6. The molecule has 0 spiro atoms. The van der Waals surface area contributed by atoms with E-state index in [1.165, 1.54) is 6.07 Å². The predicted octanol–water partition coefficient (Wildman–Crippen LogP) is 4.55. The van der Waals surface area contributed by atoms with E-state index in [1.54, 1.807) is 17.0 Å². The average molecular weight is 410 g/mol. The molecule has 1 heterocycles. The van der Waals surface area contributed by atoms with Crippen LogP contribution < -0.4 is 0 Å². The molecule has 0 bridgehead atoms. The second-order valence-corrected chi connectivity index (χ2v) is 7.00. The third kappa shape index (κ3) is 4.64. The zero-order valence-electron chi connectivity index (χ0n) is 13.6. The van der Waals surface area contributed by atoms with Gasteiger partial charge in [-0.25, -0.2) is 8.78 Å². The fourth-order valence-corrected chi connectivity index (χ4v) is 3.14. The van der Waals surface area contributed by atoms with Gasteiger partial charge >= 0.3 is 0 Å². The topological polar surface area (TPSA) is 29.5 Å². The van der Waals surface area contributed by atoms with E-state index in [4.69, 9.17) is 4.74 Å². The second-order valence-electron chi connectivity index (χ2n) is 6.08. The van der Waals surface area contributed by atoms with Gasteiger partial charge in [0, 0.05) is 23.1 Å². The molecule has 1 aliphatic rings. The molecule has 25 heavy (non-hydrogen) atoms. The van der Waals surface area contributed by atoms with Crippen molar-refractivity contribution in [3.63, 3.8) is 0 Å². The highest BCUT2D eigenvalue weighted by Crippen LogP contribution is 2.19. The van der Waals surface area contributed by atoms with E-state index in [-0.39, 0.29) is 18.6 Å². The summed E-state index contributed by atoms with van der Waals surface area (Å²) in [5.74, 6) is -1.77. The molecule has 3 rings (SSSR count). The lowest BCUT2D eigenvalue weighted by Gasteiger charge is -2.32. The van der Waals surface area contributed by atoms with E-state index in [2.05, 4.69) is 15.9 Å². The first-order valence-electron chi connectivity index (χ1n) is 8.13. The van der Waals surface area contributed by atoms with Crippen LogP contribution in [0.5, 0.6) is 0 Å². The third-order valence-electron chi connectivity index (χ3n) is 4.23. The molecule has 1 amide bonds. The van der Waals surface area contributed by atoms with Gasteiger partial charge < -0.3 is 9.64 Å². The summed E-state index contributed by atoms with van der Waals surface area (Å²) in [4.78, 5) is 14.4. The summed E-state index contributed by atoms with van der Waals surface area (Å²) in [6.07, 6.45) is 1.58. The van der Waals surface area contributed by atoms with Crippen molar-refractivity contribution in [1.82, 2.24) is 4.90 Å². The van der Waals surface area contributed by atoms with Gasteiger partial charge in [0.2, 0.25) is 0 Å². The van der Waals surface area contributed by atoms with Gasteiger partial charge in [-0.2, -0.15) is 0 Å². The summed E-state index contributed by atoms with van der Waals surface area (Å²) in [6, 6.07) is 11.0. The van der Waals surface area contributed by atoms with E-state index in [9.17, 15) is 13.6 Å². The molecule has 1 saturated heterocycles. The van der Waals surface area contributed by atoms with Gasteiger partial charge in [0.1, 0.15) is 0 Å². The van der Waals surface area contributed by atoms with E-state index in [0.717, 1.165) is 29.4 Å². The Morgan fingerprint density at radius 1 is 1.16 bits per heavy atom. The number of carbonyl (C=O) groups is 1. The van der Waals surface area contributed by atoms with Crippen molar-refractivity contribution < 1.29 is 18.3 Å². The Balaban J connectivity index is 1.58. The minimum atomic E-state index is -0.878. The number of piperidine rings is 1. The fourth-order valence-electron chi connectivity index (χ4n) is 2.88. The first kappa shape index (κ1) is 18.0. The van der Waals surface area contributed by atoms with Crippen LogP contribution in [0.15, 0.2) is 46.9 Å². The molecule has 1 unspecified atom stereocenters. The molecule has 0 aromatic heterocycles. The summed E-state index contributed by atoms with van der Waals surface area (Å²) < 4.78 is 32.9. The van der Waals surface area contributed by atoms with Gasteiger partial charge in [-0.15, -0.1) is 0 Å². The Morgan fingerprint density at radius 2 is 1.92 bits per heavy atom. The van der Waals surface area contributed by atoms with Crippen LogP contribution in [0.25, 0.3) is 0 Å². The zero-order valence-corrected chi connectivity index (χ0v) is 15.1. The standard InChI is InChI=1S/C19H18BrF2NO2/c20-15-6-4-14(5-7-15)19(24)23-9-1-2-16(11-23)25-12-13-3-8-17(21)18(22)10-13/h3-8,10,16H,1-2,9,11-12H2. The van der Waals surface area contributed by atoms with Crippen LogP contribution in [0.4, 0.5) is 8.78 Å². The monoisotopic (exact) mass is 409 g/mol. The van der Waals surface area contributed by atoms with E-state index < -0.39 is 11.6 Å². The van der Waals surface area contributed by atoms with Gasteiger partial charge in [-0.1, -0.05) is 22.0 Å². The SMILES string of the molecule is O=C(c1ccc(Br)cc1)N1CCCC(OCc2ccc(F)c(F)c2)C1. The average Bonchev–Trinajstić information content (AvgIpc) is 2.63. The molecule has 0 radical (unpaired) electrons. The fraction of sp³-hybridized carbons (Fsp3) is 0.316. The van der Waals surface area contributed by atoms with Gasteiger partial charge in [0.05, 0.1) is 12.7 Å². The molecule has 2 aromatic carbocycles. The van der Waals surface area contributed by atoms with Crippen LogP contribution in [0.1, 0.15) is 28.8 Å². The number of halogens is 3. The molecule has 0 N–H and O–H groups in total. The number of hydrogen-bond donors (Lipinski definition) is 0. The third-order valence-corrected chi connectivity index (χ3v) is 4.75. The number of rotatable bonds is 4. The van der Waals surface area contributed by atoms with Gasteiger partial charge in [-0.05, 0) is 54.8 Å². The lowest BCUT2D eigenvalue weighted by molar-refractivity contribution is -0.00682. The summed E-state index contributed by atoms with van der Waals surface area (Å²) in [5, 5.41) is 0. The Hall–Kier alpha value is -1.79. The molecule has 2 aromatic rings. The van der Waals surface area contributed by atoms with Crippen LogP contribution in [-0.2, 0) is 11.3 Å². The van der Waals surface area contributed by atoms with Crippen LogP contribution in [0, 0.1) is 11.6 Å². The molecular formula is C19H18BrF2NO2. The van der Waals surface area contributed by atoms with Gasteiger partial charge in [0.25, 0.3) is 5.91 Å². The molecule has 132 valence electrons. The number of hydrogen-bond acceptors (Lipinski definition) is 2. The maximum Gasteiger partial charge on any atom is 0.253 e. The van der Waals surface area contributed by atoms with Crippen LogP contribution >= 0.6 is 15.9 Å². The van der Waals surface area contributed by atoms with Crippen molar-refractivity contribution in [3.8, 4) is 0 Å². The highest BCUT2D eigenvalue weighted by molar-refractivity contribution is 9.10. The van der Waals surface area contributed by atoms with E-state index in [0.29, 0.717) is 24.2 Å². The number of likely N-dealkylation sites (tertiary alicyclic amines) is 1. The molecule has 0 aliphatic carbocycles. The highest BCUT2D eigenvalue weighted by atomic mass is 79.9. The first-order valence-corrected chi connectivity index (χ1v) is 8.92. The Bertz CT molecular complexity index is 752. The van der Waals surface area contributed by atoms with Crippen molar-refractivity contribution in [2.75, 3.05) is 13.1 Å². The van der Waals surface area contributed by atoms with Crippen molar-refractivity contribution in [2.45, 2.75) is 25.6 Å². The minimum absolute atomic E-state index is 0.0198. The maximum atomic E-state index is 13.2. The molecule has 1 fully saturated rings. The number of ether oxygens (including phenoxy) is 1. The number of nitrogens with zero attached hydrogens (tertiary/aromatic N) is 1. The van der Waals surface area contributed by atoms with Crippen molar-refractivity contribution in [2.24, 2.45) is 0 Å². The van der Waals surface area contributed by atoms with Gasteiger partial charge in [0.15, 0.2) is 11.6 Å². The Morgan fingerprint density at radius 3 is 2.64 bits per heavy atom.